The Labute approximate surface area is 116 Å². The third kappa shape index (κ3) is 2.90. The number of pyridine rings is 1. The largest absolute Gasteiger partial charge is 0.379 e. The van der Waals surface area contributed by atoms with Gasteiger partial charge in [-0.3, -0.25) is 4.98 Å². The van der Waals surface area contributed by atoms with Gasteiger partial charge in [-0.1, -0.05) is 6.92 Å². The van der Waals surface area contributed by atoms with Gasteiger partial charge in [0.1, 0.15) is 0 Å². The number of hydrogen-bond donors (Lipinski definition) is 1. The quantitative estimate of drug-likeness (QED) is 0.906. The van der Waals surface area contributed by atoms with Crippen LogP contribution in [0.15, 0.2) is 6.07 Å². The molecule has 19 heavy (non-hydrogen) atoms. The van der Waals surface area contributed by atoms with Crippen molar-refractivity contribution in [3.05, 3.63) is 23.0 Å². The zero-order valence-corrected chi connectivity index (χ0v) is 12.4. The molecule has 1 aromatic heterocycles. The van der Waals surface area contributed by atoms with Crippen LogP contribution in [-0.4, -0.2) is 31.3 Å². The van der Waals surface area contributed by atoms with E-state index in [4.69, 9.17) is 10.5 Å². The number of nitrogens with two attached hydrogens (primary N) is 1. The van der Waals surface area contributed by atoms with Crippen LogP contribution >= 0.6 is 0 Å². The van der Waals surface area contributed by atoms with E-state index < -0.39 is 0 Å². The number of piperidine rings is 1. The third-order valence-electron chi connectivity index (χ3n) is 4.17. The highest BCUT2D eigenvalue weighted by molar-refractivity contribution is 5.56. The van der Waals surface area contributed by atoms with Gasteiger partial charge in [-0.15, -0.1) is 0 Å². The first-order valence-electron chi connectivity index (χ1n) is 7.01. The topological polar surface area (TPSA) is 51.4 Å². The van der Waals surface area contributed by atoms with Crippen molar-refractivity contribution in [2.75, 3.05) is 25.1 Å². The molecule has 1 saturated heterocycles. The Kier molecular flexibility index (Phi) is 4.42. The van der Waals surface area contributed by atoms with E-state index in [9.17, 15) is 0 Å². The van der Waals surface area contributed by atoms with Gasteiger partial charge in [0.25, 0.3) is 0 Å². The van der Waals surface area contributed by atoms with Crippen LogP contribution < -0.4 is 10.6 Å². The molecule has 0 amide bonds. The monoisotopic (exact) mass is 263 g/mol. The molecule has 1 fully saturated rings. The molecule has 0 aromatic carbocycles. The molecule has 4 nitrogen and oxygen atoms in total. The fourth-order valence-corrected chi connectivity index (χ4v) is 2.93. The lowest BCUT2D eigenvalue weighted by Crippen LogP contribution is -2.44. The Morgan fingerprint density at radius 3 is 2.84 bits per heavy atom. The Bertz CT molecular complexity index is 447. The third-order valence-corrected chi connectivity index (χ3v) is 4.17. The first-order chi connectivity index (χ1) is 9.06. The summed E-state index contributed by atoms with van der Waals surface area (Å²) in [6.07, 6.45) is 1.45. The van der Waals surface area contributed by atoms with Crippen LogP contribution in [0, 0.1) is 19.8 Å². The summed E-state index contributed by atoms with van der Waals surface area (Å²) in [7, 11) is 1.80. The van der Waals surface area contributed by atoms with Crippen LogP contribution in [0.1, 0.15) is 30.3 Å². The fraction of sp³-hybridized carbons (Fsp3) is 0.667. The summed E-state index contributed by atoms with van der Waals surface area (Å²) in [6, 6.07) is 2.15. The lowest BCUT2D eigenvalue weighted by Gasteiger charge is -2.38. The normalized spacial score (nSPS) is 23.7. The SMILES string of the molecule is COC1CN(c2cc(C)nc(C)c2CN)CCC1C. The number of methoxy groups -OCH3 is 1. The van der Waals surface area contributed by atoms with Gasteiger partial charge in [0.05, 0.1) is 6.10 Å². The van der Waals surface area contributed by atoms with Crippen molar-refractivity contribution in [2.45, 2.75) is 39.8 Å². The molecule has 0 saturated carbocycles. The van der Waals surface area contributed by atoms with Gasteiger partial charge in [0, 0.05) is 49.4 Å². The number of nitrogens with zero attached hydrogens (tertiary/aromatic N) is 2. The van der Waals surface area contributed by atoms with Crippen molar-refractivity contribution in [1.29, 1.82) is 0 Å². The van der Waals surface area contributed by atoms with E-state index in [0.29, 0.717) is 18.6 Å². The first-order valence-corrected chi connectivity index (χ1v) is 7.01. The summed E-state index contributed by atoms with van der Waals surface area (Å²) in [5, 5.41) is 0. The van der Waals surface area contributed by atoms with Gasteiger partial charge in [0.15, 0.2) is 0 Å². The molecule has 106 valence electrons. The summed E-state index contributed by atoms with van der Waals surface area (Å²) in [5.41, 5.74) is 10.4. The minimum Gasteiger partial charge on any atom is -0.379 e. The highest BCUT2D eigenvalue weighted by atomic mass is 16.5. The van der Waals surface area contributed by atoms with Crippen LogP contribution in [0.3, 0.4) is 0 Å². The number of rotatable bonds is 3. The minimum atomic E-state index is 0.299. The van der Waals surface area contributed by atoms with Crippen molar-refractivity contribution in [2.24, 2.45) is 11.7 Å². The fourth-order valence-electron chi connectivity index (χ4n) is 2.93. The highest BCUT2D eigenvalue weighted by Crippen LogP contribution is 2.29. The Hall–Kier alpha value is -1.13. The van der Waals surface area contributed by atoms with Crippen LogP contribution in [0.4, 0.5) is 5.69 Å². The van der Waals surface area contributed by atoms with Gasteiger partial charge in [0.2, 0.25) is 0 Å². The van der Waals surface area contributed by atoms with Gasteiger partial charge in [-0.25, -0.2) is 0 Å². The second-order valence-electron chi connectivity index (χ2n) is 5.54. The Morgan fingerprint density at radius 2 is 2.21 bits per heavy atom. The Balaban J connectivity index is 2.31. The molecule has 4 heteroatoms. The van der Waals surface area contributed by atoms with E-state index in [2.05, 4.69) is 22.9 Å². The molecule has 2 unspecified atom stereocenters. The van der Waals surface area contributed by atoms with Crippen molar-refractivity contribution < 1.29 is 4.74 Å². The molecule has 0 aliphatic carbocycles. The number of hydrogen-bond acceptors (Lipinski definition) is 4. The van der Waals surface area contributed by atoms with E-state index in [1.807, 2.05) is 13.8 Å². The van der Waals surface area contributed by atoms with Gasteiger partial charge in [-0.2, -0.15) is 0 Å². The smallest absolute Gasteiger partial charge is 0.0772 e. The standard InChI is InChI=1S/C15H25N3O/c1-10-5-6-18(9-15(10)19-4)14-7-11(2)17-12(3)13(14)8-16/h7,10,15H,5-6,8-9,16H2,1-4H3. The van der Waals surface area contributed by atoms with E-state index in [1.165, 1.54) is 5.69 Å². The van der Waals surface area contributed by atoms with Crippen molar-refractivity contribution in [1.82, 2.24) is 4.98 Å². The van der Waals surface area contributed by atoms with E-state index >= 15 is 0 Å². The lowest BCUT2D eigenvalue weighted by molar-refractivity contribution is 0.0498. The van der Waals surface area contributed by atoms with E-state index in [0.717, 1.165) is 36.5 Å². The summed E-state index contributed by atoms with van der Waals surface area (Å²) in [5.74, 6) is 0.617. The molecule has 2 atom stereocenters. The molecule has 2 heterocycles. The molecule has 0 spiro atoms. The molecule has 0 bridgehead atoms. The average molecular weight is 263 g/mol. The molecule has 2 N–H and O–H groups in total. The maximum Gasteiger partial charge on any atom is 0.0772 e. The second kappa shape index (κ2) is 5.88. The number of aryl methyl sites for hydroxylation is 2. The molecule has 0 radical (unpaired) electrons. The predicted molar refractivity (Wildman–Crippen MR) is 78.4 cm³/mol. The summed E-state index contributed by atoms with van der Waals surface area (Å²) < 4.78 is 5.60. The van der Waals surface area contributed by atoms with Crippen LogP contribution in [0.25, 0.3) is 0 Å². The lowest BCUT2D eigenvalue weighted by atomic mass is 9.94. The summed E-state index contributed by atoms with van der Waals surface area (Å²) >= 11 is 0. The van der Waals surface area contributed by atoms with Crippen molar-refractivity contribution >= 4 is 5.69 Å². The van der Waals surface area contributed by atoms with Crippen molar-refractivity contribution in [3.8, 4) is 0 Å². The van der Waals surface area contributed by atoms with Crippen LogP contribution in [0.5, 0.6) is 0 Å². The second-order valence-corrected chi connectivity index (χ2v) is 5.54. The molecule has 2 rings (SSSR count). The summed E-state index contributed by atoms with van der Waals surface area (Å²) in [4.78, 5) is 6.92. The zero-order valence-electron chi connectivity index (χ0n) is 12.4. The number of ether oxygens (including phenoxy) is 1. The molecular weight excluding hydrogens is 238 g/mol. The Morgan fingerprint density at radius 1 is 1.47 bits per heavy atom. The van der Waals surface area contributed by atoms with Gasteiger partial charge >= 0.3 is 0 Å². The molecule has 1 aliphatic rings. The van der Waals surface area contributed by atoms with Crippen molar-refractivity contribution in [3.63, 3.8) is 0 Å². The summed E-state index contributed by atoms with van der Waals surface area (Å²) in [6.45, 7) is 8.89. The minimum absolute atomic E-state index is 0.299. The number of aromatic nitrogens is 1. The average Bonchev–Trinajstić information content (AvgIpc) is 2.38. The maximum absolute atomic E-state index is 5.90. The van der Waals surface area contributed by atoms with Crippen LogP contribution in [0.2, 0.25) is 0 Å². The number of anilines is 1. The predicted octanol–water partition coefficient (Wildman–Crippen LogP) is 2.02. The van der Waals surface area contributed by atoms with Gasteiger partial charge < -0.3 is 15.4 Å². The van der Waals surface area contributed by atoms with E-state index in [-0.39, 0.29) is 0 Å². The maximum atomic E-state index is 5.90. The molecule has 1 aromatic rings. The first kappa shape index (κ1) is 14.3. The molecular formula is C15H25N3O. The molecule has 1 aliphatic heterocycles. The van der Waals surface area contributed by atoms with Gasteiger partial charge in [-0.05, 0) is 32.3 Å². The zero-order chi connectivity index (χ0) is 14.0. The highest BCUT2D eigenvalue weighted by Gasteiger charge is 2.27. The van der Waals surface area contributed by atoms with E-state index in [1.54, 1.807) is 7.11 Å². The van der Waals surface area contributed by atoms with Crippen LogP contribution in [-0.2, 0) is 11.3 Å².